The monoisotopic (exact) mass is 415 g/mol. The van der Waals surface area contributed by atoms with E-state index < -0.39 is 17.7 Å². The van der Waals surface area contributed by atoms with E-state index in [1.165, 1.54) is 12.1 Å². The highest BCUT2D eigenvalue weighted by atomic mass is 19.1. The zero-order valence-electron chi connectivity index (χ0n) is 16.9. The lowest BCUT2D eigenvalue weighted by Crippen LogP contribution is -2.14. The van der Waals surface area contributed by atoms with Crippen LogP contribution in [0.4, 0.5) is 26.5 Å². The summed E-state index contributed by atoms with van der Waals surface area (Å²) in [5.41, 5.74) is 0.323. The second-order valence-corrected chi connectivity index (χ2v) is 7.56. The molecule has 4 rings (SSSR count). The first-order valence-electron chi connectivity index (χ1n) is 9.84. The minimum Gasteiger partial charge on any atom is -0.474 e. The van der Waals surface area contributed by atoms with Gasteiger partial charge in [0.2, 0.25) is 17.8 Å². The molecule has 1 aliphatic carbocycles. The van der Waals surface area contributed by atoms with Crippen LogP contribution in [0.25, 0.3) is 0 Å². The number of H-pyrrole nitrogens is 1. The van der Waals surface area contributed by atoms with Gasteiger partial charge in [-0.25, -0.2) is 8.78 Å². The second kappa shape index (κ2) is 8.21. The summed E-state index contributed by atoms with van der Waals surface area (Å²) in [5.74, 6) is 1.38. The van der Waals surface area contributed by atoms with Gasteiger partial charge in [0.25, 0.3) is 0 Å². The number of aromatic nitrogens is 5. The number of hydrogen-bond acceptors (Lipinski definition) is 7. The molecular weight excluding hydrogens is 392 g/mol. The molecule has 1 fully saturated rings. The van der Waals surface area contributed by atoms with E-state index in [-0.39, 0.29) is 12.0 Å². The van der Waals surface area contributed by atoms with E-state index in [9.17, 15) is 8.78 Å². The molecule has 158 valence electrons. The van der Waals surface area contributed by atoms with Crippen molar-refractivity contribution in [3.05, 3.63) is 47.3 Å². The molecule has 0 bridgehead atoms. The van der Waals surface area contributed by atoms with E-state index in [4.69, 9.17) is 4.74 Å². The molecular formula is C20H23F2N7O. The minimum atomic E-state index is -0.625. The highest BCUT2D eigenvalue weighted by Crippen LogP contribution is 2.38. The number of rotatable bonds is 8. The number of anilines is 3. The molecule has 0 radical (unpaired) electrons. The summed E-state index contributed by atoms with van der Waals surface area (Å²) < 4.78 is 32.9. The van der Waals surface area contributed by atoms with Crippen LogP contribution >= 0.6 is 0 Å². The lowest BCUT2D eigenvalue weighted by molar-refractivity contribution is 0.232. The molecule has 2 heterocycles. The molecule has 0 amide bonds. The first kappa shape index (κ1) is 20.0. The Morgan fingerprint density at radius 2 is 1.83 bits per heavy atom. The van der Waals surface area contributed by atoms with Crippen LogP contribution in [0, 0.1) is 11.6 Å². The zero-order valence-corrected chi connectivity index (χ0v) is 16.9. The Labute approximate surface area is 172 Å². The molecule has 1 aliphatic rings. The fourth-order valence-electron chi connectivity index (χ4n) is 2.95. The van der Waals surface area contributed by atoms with Crippen molar-refractivity contribution >= 4 is 17.7 Å². The van der Waals surface area contributed by atoms with Crippen LogP contribution in [0.3, 0.4) is 0 Å². The van der Waals surface area contributed by atoms with Crippen LogP contribution in [-0.2, 0) is 0 Å². The molecule has 0 aliphatic heterocycles. The maximum atomic E-state index is 14.1. The van der Waals surface area contributed by atoms with Crippen molar-refractivity contribution in [2.24, 2.45) is 0 Å². The lowest BCUT2D eigenvalue weighted by atomic mass is 10.1. The molecule has 1 saturated carbocycles. The molecule has 0 saturated heterocycles. The summed E-state index contributed by atoms with van der Waals surface area (Å²) in [6.07, 6.45) is 2.03. The quantitative estimate of drug-likeness (QED) is 0.499. The van der Waals surface area contributed by atoms with Gasteiger partial charge >= 0.3 is 0 Å². The van der Waals surface area contributed by atoms with Crippen molar-refractivity contribution in [2.75, 3.05) is 10.6 Å². The third-order valence-corrected chi connectivity index (χ3v) is 4.53. The number of nitrogens with one attached hydrogen (secondary N) is 3. The Morgan fingerprint density at radius 3 is 2.53 bits per heavy atom. The Kier molecular flexibility index (Phi) is 5.47. The van der Waals surface area contributed by atoms with Crippen molar-refractivity contribution in [1.82, 2.24) is 25.1 Å². The maximum Gasteiger partial charge on any atom is 0.234 e. The molecule has 30 heavy (non-hydrogen) atoms. The molecule has 1 atom stereocenters. The largest absolute Gasteiger partial charge is 0.474 e. The predicted octanol–water partition coefficient (Wildman–Crippen LogP) is 4.45. The van der Waals surface area contributed by atoms with E-state index in [1.807, 2.05) is 13.8 Å². The normalized spacial score (nSPS) is 14.6. The van der Waals surface area contributed by atoms with Gasteiger partial charge in [-0.15, -0.1) is 5.10 Å². The Morgan fingerprint density at radius 1 is 1.07 bits per heavy atom. The second-order valence-electron chi connectivity index (χ2n) is 7.56. The van der Waals surface area contributed by atoms with Crippen molar-refractivity contribution in [3.63, 3.8) is 0 Å². The van der Waals surface area contributed by atoms with Crippen LogP contribution in [0.1, 0.15) is 57.0 Å². The van der Waals surface area contributed by atoms with Gasteiger partial charge in [0.1, 0.15) is 23.3 Å². The van der Waals surface area contributed by atoms with Crippen molar-refractivity contribution in [2.45, 2.75) is 51.7 Å². The molecule has 0 spiro atoms. The van der Waals surface area contributed by atoms with Gasteiger partial charge in [0, 0.05) is 23.6 Å². The average molecular weight is 415 g/mol. The Bertz CT molecular complexity index is 1040. The van der Waals surface area contributed by atoms with Gasteiger partial charge in [-0.1, -0.05) is 6.07 Å². The number of nitrogens with zero attached hydrogens (tertiary/aromatic N) is 4. The van der Waals surface area contributed by atoms with E-state index in [1.54, 1.807) is 13.0 Å². The van der Waals surface area contributed by atoms with Crippen molar-refractivity contribution < 1.29 is 13.5 Å². The number of ether oxygens (including phenoxy) is 1. The fraction of sp³-hybridized carbons (Fsp3) is 0.400. The topological polar surface area (TPSA) is 101 Å². The fourth-order valence-corrected chi connectivity index (χ4v) is 2.95. The van der Waals surface area contributed by atoms with Crippen LogP contribution in [0.5, 0.6) is 5.88 Å². The Balaban J connectivity index is 1.54. The van der Waals surface area contributed by atoms with Gasteiger partial charge < -0.3 is 15.4 Å². The SMILES string of the molecule is CC(C)Oc1cc(Nc2nc(NC(C)c3ccc(F)cc3F)nc(C3CC3)n2)[nH]n1. The van der Waals surface area contributed by atoms with E-state index in [2.05, 4.69) is 35.8 Å². The zero-order chi connectivity index (χ0) is 21.3. The van der Waals surface area contributed by atoms with Crippen LogP contribution in [-0.4, -0.2) is 31.3 Å². The predicted molar refractivity (Wildman–Crippen MR) is 108 cm³/mol. The lowest BCUT2D eigenvalue weighted by Gasteiger charge is -2.16. The smallest absolute Gasteiger partial charge is 0.234 e. The number of benzene rings is 1. The minimum absolute atomic E-state index is 0.00365. The van der Waals surface area contributed by atoms with Crippen LogP contribution < -0.4 is 15.4 Å². The van der Waals surface area contributed by atoms with E-state index in [0.717, 1.165) is 18.9 Å². The average Bonchev–Trinajstić information content (AvgIpc) is 3.43. The van der Waals surface area contributed by atoms with Crippen LogP contribution in [0.15, 0.2) is 24.3 Å². The highest BCUT2D eigenvalue weighted by molar-refractivity contribution is 5.51. The third kappa shape index (κ3) is 4.81. The molecule has 3 aromatic rings. The summed E-state index contributed by atoms with van der Waals surface area (Å²) in [7, 11) is 0. The Hall–Kier alpha value is -3.30. The van der Waals surface area contributed by atoms with Gasteiger partial charge in [-0.3, -0.25) is 5.10 Å². The number of hydrogen-bond donors (Lipinski definition) is 3. The van der Waals surface area contributed by atoms with E-state index in [0.29, 0.717) is 35.0 Å². The summed E-state index contributed by atoms with van der Waals surface area (Å²) in [4.78, 5) is 13.4. The van der Waals surface area contributed by atoms with Gasteiger partial charge in [0.15, 0.2) is 0 Å². The van der Waals surface area contributed by atoms with E-state index >= 15 is 0 Å². The molecule has 2 aromatic heterocycles. The number of halogens is 2. The molecule has 10 heteroatoms. The highest BCUT2D eigenvalue weighted by Gasteiger charge is 2.28. The summed E-state index contributed by atoms with van der Waals surface area (Å²) >= 11 is 0. The number of aromatic amines is 1. The van der Waals surface area contributed by atoms with Crippen molar-refractivity contribution in [1.29, 1.82) is 0 Å². The molecule has 1 aromatic carbocycles. The first-order chi connectivity index (χ1) is 14.4. The molecule has 8 nitrogen and oxygen atoms in total. The third-order valence-electron chi connectivity index (χ3n) is 4.53. The van der Waals surface area contributed by atoms with Gasteiger partial charge in [-0.05, 0) is 39.7 Å². The van der Waals surface area contributed by atoms with Crippen LogP contribution in [0.2, 0.25) is 0 Å². The standard InChI is InChI=1S/C20H23F2N7O/c1-10(2)30-17-9-16(28-29-17)24-20-26-18(12-4-5-12)25-19(27-20)23-11(3)14-7-6-13(21)8-15(14)22/h6-12H,4-5H2,1-3H3,(H3,23,24,25,26,27,28,29). The van der Waals surface area contributed by atoms with Gasteiger partial charge in [0.05, 0.1) is 12.1 Å². The first-order valence-corrected chi connectivity index (χ1v) is 9.84. The maximum absolute atomic E-state index is 14.1. The summed E-state index contributed by atoms with van der Waals surface area (Å²) in [5, 5.41) is 13.1. The van der Waals surface area contributed by atoms with Gasteiger partial charge in [-0.2, -0.15) is 15.0 Å². The molecule has 1 unspecified atom stereocenters. The summed E-state index contributed by atoms with van der Waals surface area (Å²) in [6.45, 7) is 5.59. The van der Waals surface area contributed by atoms with Crippen molar-refractivity contribution in [3.8, 4) is 5.88 Å². The summed E-state index contributed by atoms with van der Waals surface area (Å²) in [6, 6.07) is 4.74. The molecule has 3 N–H and O–H groups in total.